The van der Waals surface area contributed by atoms with Crippen molar-refractivity contribution in [3.8, 4) is 0 Å². The van der Waals surface area contributed by atoms with Crippen LogP contribution in [0.2, 0.25) is 0 Å². The quantitative estimate of drug-likeness (QED) is 0.337. The standard InChI is InChI=1S/C14H22O2/c1-3-4-5-6-7-8-9-10-11-12-13-14(15)16-2/h3,6-7,10-11H,1,4-5,8-9,12-13H2,2H3. The molecule has 0 spiro atoms. The van der Waals surface area contributed by atoms with E-state index < -0.39 is 0 Å². The summed E-state index contributed by atoms with van der Waals surface area (Å²) in [6.07, 6.45) is 15.9. The molecule has 2 heteroatoms. The summed E-state index contributed by atoms with van der Waals surface area (Å²) in [6.45, 7) is 3.67. The van der Waals surface area contributed by atoms with Gasteiger partial charge in [-0.25, -0.2) is 0 Å². The van der Waals surface area contributed by atoms with Crippen molar-refractivity contribution in [2.75, 3.05) is 7.11 Å². The maximum absolute atomic E-state index is 10.8. The molecule has 0 aromatic rings. The second kappa shape index (κ2) is 11.8. The van der Waals surface area contributed by atoms with Crippen molar-refractivity contribution in [3.63, 3.8) is 0 Å². The molecule has 0 bridgehead atoms. The lowest BCUT2D eigenvalue weighted by atomic mass is 10.2. The van der Waals surface area contributed by atoms with Gasteiger partial charge in [0, 0.05) is 6.42 Å². The fraction of sp³-hybridized carbons (Fsp3) is 0.500. The minimum atomic E-state index is -0.144. The molecule has 0 saturated carbocycles. The third-order valence-electron chi connectivity index (χ3n) is 2.11. The zero-order valence-electron chi connectivity index (χ0n) is 10.2. The van der Waals surface area contributed by atoms with Crippen LogP contribution >= 0.6 is 0 Å². The largest absolute Gasteiger partial charge is 0.469 e. The Morgan fingerprint density at radius 2 is 1.50 bits per heavy atom. The zero-order chi connectivity index (χ0) is 12.1. The number of esters is 1. The van der Waals surface area contributed by atoms with Crippen LogP contribution in [0.25, 0.3) is 0 Å². The Hall–Kier alpha value is -1.31. The summed E-state index contributed by atoms with van der Waals surface area (Å²) in [5.41, 5.74) is 0. The highest BCUT2D eigenvalue weighted by atomic mass is 16.5. The molecule has 0 aromatic heterocycles. The predicted octanol–water partition coefficient (Wildman–Crippen LogP) is 3.80. The van der Waals surface area contributed by atoms with Crippen LogP contribution in [0.4, 0.5) is 0 Å². The summed E-state index contributed by atoms with van der Waals surface area (Å²) in [4.78, 5) is 10.8. The van der Waals surface area contributed by atoms with E-state index in [-0.39, 0.29) is 5.97 Å². The van der Waals surface area contributed by atoms with E-state index in [1.165, 1.54) is 7.11 Å². The van der Waals surface area contributed by atoms with Gasteiger partial charge in [0.1, 0.15) is 0 Å². The van der Waals surface area contributed by atoms with Crippen LogP contribution in [0.3, 0.4) is 0 Å². The number of methoxy groups -OCH3 is 1. The van der Waals surface area contributed by atoms with E-state index in [4.69, 9.17) is 0 Å². The molecule has 0 heterocycles. The molecule has 90 valence electrons. The SMILES string of the molecule is C=CCCC=CCCC=CCCC(=O)OC. The van der Waals surface area contributed by atoms with Crippen LogP contribution < -0.4 is 0 Å². The molecule has 0 aliphatic carbocycles. The maximum Gasteiger partial charge on any atom is 0.305 e. The number of unbranched alkanes of at least 4 members (excludes halogenated alkanes) is 2. The van der Waals surface area contributed by atoms with Gasteiger partial charge in [-0.1, -0.05) is 30.4 Å². The number of hydrogen-bond donors (Lipinski definition) is 0. The van der Waals surface area contributed by atoms with Crippen LogP contribution in [0, 0.1) is 0 Å². The van der Waals surface area contributed by atoms with Gasteiger partial charge in [-0.2, -0.15) is 0 Å². The Labute approximate surface area is 98.7 Å². The van der Waals surface area contributed by atoms with Crippen molar-refractivity contribution >= 4 is 5.97 Å². The van der Waals surface area contributed by atoms with Crippen molar-refractivity contribution in [2.45, 2.75) is 38.5 Å². The van der Waals surface area contributed by atoms with Gasteiger partial charge in [-0.15, -0.1) is 6.58 Å². The highest BCUT2D eigenvalue weighted by Gasteiger charge is 1.94. The average molecular weight is 222 g/mol. The first kappa shape index (κ1) is 14.7. The van der Waals surface area contributed by atoms with Crippen LogP contribution in [0.5, 0.6) is 0 Å². The van der Waals surface area contributed by atoms with Gasteiger partial charge in [0.2, 0.25) is 0 Å². The van der Waals surface area contributed by atoms with Gasteiger partial charge in [0.25, 0.3) is 0 Å². The van der Waals surface area contributed by atoms with Crippen molar-refractivity contribution in [3.05, 3.63) is 37.0 Å². The normalized spacial score (nSPS) is 11.1. The lowest BCUT2D eigenvalue weighted by Gasteiger charge is -1.93. The van der Waals surface area contributed by atoms with Crippen molar-refractivity contribution in [2.24, 2.45) is 0 Å². The van der Waals surface area contributed by atoms with Gasteiger partial charge >= 0.3 is 5.97 Å². The number of ether oxygens (including phenoxy) is 1. The van der Waals surface area contributed by atoms with Crippen LogP contribution in [-0.2, 0) is 9.53 Å². The number of carbonyl (C=O) groups excluding carboxylic acids is 1. The number of carbonyl (C=O) groups is 1. The molecule has 0 aliphatic heterocycles. The maximum atomic E-state index is 10.8. The first-order chi connectivity index (χ1) is 7.81. The molecule has 0 radical (unpaired) electrons. The Morgan fingerprint density at radius 1 is 1.00 bits per heavy atom. The molecule has 0 unspecified atom stereocenters. The summed E-state index contributed by atoms with van der Waals surface area (Å²) >= 11 is 0. The summed E-state index contributed by atoms with van der Waals surface area (Å²) in [6, 6.07) is 0. The minimum absolute atomic E-state index is 0.144. The fourth-order valence-corrected chi connectivity index (χ4v) is 1.18. The van der Waals surface area contributed by atoms with Crippen LogP contribution in [0.1, 0.15) is 38.5 Å². The monoisotopic (exact) mass is 222 g/mol. The third kappa shape index (κ3) is 10.8. The molecule has 0 aliphatic rings. The van der Waals surface area contributed by atoms with E-state index in [0.717, 1.165) is 32.1 Å². The van der Waals surface area contributed by atoms with Gasteiger partial charge in [-0.05, 0) is 32.1 Å². The highest BCUT2D eigenvalue weighted by molar-refractivity contribution is 5.69. The first-order valence-electron chi connectivity index (χ1n) is 5.79. The third-order valence-corrected chi connectivity index (χ3v) is 2.11. The molecule has 0 saturated heterocycles. The number of hydrogen-bond acceptors (Lipinski definition) is 2. The van der Waals surface area contributed by atoms with E-state index in [1.54, 1.807) is 0 Å². The summed E-state index contributed by atoms with van der Waals surface area (Å²) in [5, 5.41) is 0. The molecule has 0 aromatic carbocycles. The number of rotatable bonds is 9. The molecule has 16 heavy (non-hydrogen) atoms. The smallest absolute Gasteiger partial charge is 0.305 e. The topological polar surface area (TPSA) is 26.3 Å². The van der Waals surface area contributed by atoms with E-state index in [1.807, 2.05) is 12.2 Å². The number of allylic oxidation sites excluding steroid dienone is 5. The molecule has 0 fully saturated rings. The molecular formula is C14H22O2. The zero-order valence-corrected chi connectivity index (χ0v) is 10.2. The molecule has 0 atom stereocenters. The molecule has 0 rings (SSSR count). The van der Waals surface area contributed by atoms with E-state index in [9.17, 15) is 4.79 Å². The Balaban J connectivity index is 3.30. The van der Waals surface area contributed by atoms with E-state index in [2.05, 4.69) is 29.5 Å². The van der Waals surface area contributed by atoms with Crippen LogP contribution in [0.15, 0.2) is 37.0 Å². The van der Waals surface area contributed by atoms with E-state index in [0.29, 0.717) is 6.42 Å². The average Bonchev–Trinajstić information content (AvgIpc) is 2.31. The first-order valence-corrected chi connectivity index (χ1v) is 5.79. The van der Waals surface area contributed by atoms with Gasteiger partial charge in [-0.3, -0.25) is 4.79 Å². The fourth-order valence-electron chi connectivity index (χ4n) is 1.18. The lowest BCUT2D eigenvalue weighted by molar-refractivity contribution is -0.140. The Bertz CT molecular complexity index is 239. The summed E-state index contributed by atoms with van der Waals surface area (Å²) in [7, 11) is 1.42. The Morgan fingerprint density at radius 3 is 2.00 bits per heavy atom. The van der Waals surface area contributed by atoms with Gasteiger partial charge in [0.15, 0.2) is 0 Å². The van der Waals surface area contributed by atoms with Crippen LogP contribution in [-0.4, -0.2) is 13.1 Å². The van der Waals surface area contributed by atoms with Gasteiger partial charge < -0.3 is 4.74 Å². The second-order valence-corrected chi connectivity index (χ2v) is 3.50. The van der Waals surface area contributed by atoms with Crippen molar-refractivity contribution in [1.82, 2.24) is 0 Å². The van der Waals surface area contributed by atoms with Crippen molar-refractivity contribution in [1.29, 1.82) is 0 Å². The van der Waals surface area contributed by atoms with Crippen molar-refractivity contribution < 1.29 is 9.53 Å². The minimum Gasteiger partial charge on any atom is -0.469 e. The summed E-state index contributed by atoms with van der Waals surface area (Å²) in [5.74, 6) is -0.144. The molecule has 0 amide bonds. The molecule has 0 N–H and O–H groups in total. The second-order valence-electron chi connectivity index (χ2n) is 3.50. The predicted molar refractivity (Wildman–Crippen MR) is 68.2 cm³/mol. The lowest BCUT2D eigenvalue weighted by Crippen LogP contribution is -1.97. The summed E-state index contributed by atoms with van der Waals surface area (Å²) < 4.78 is 4.54. The van der Waals surface area contributed by atoms with E-state index >= 15 is 0 Å². The Kier molecular flexibility index (Phi) is 10.8. The molecular weight excluding hydrogens is 200 g/mol. The molecule has 2 nitrogen and oxygen atoms in total. The van der Waals surface area contributed by atoms with Gasteiger partial charge in [0.05, 0.1) is 7.11 Å². The highest BCUT2D eigenvalue weighted by Crippen LogP contribution is 1.99.